The molecule has 1 aromatic carbocycles. The van der Waals surface area contributed by atoms with Crippen molar-refractivity contribution in [2.75, 3.05) is 14.2 Å². The van der Waals surface area contributed by atoms with Gasteiger partial charge < -0.3 is 15.2 Å². The van der Waals surface area contributed by atoms with Crippen molar-refractivity contribution in [1.29, 1.82) is 0 Å². The number of hydrogen-bond donors (Lipinski definition) is 1. The summed E-state index contributed by atoms with van der Waals surface area (Å²) in [5.74, 6) is 0.211. The number of hydrogen-bond acceptors (Lipinski definition) is 4. The average Bonchev–Trinajstić information content (AvgIpc) is 2.37. The van der Waals surface area contributed by atoms with E-state index in [1.165, 1.54) is 7.11 Å². The van der Waals surface area contributed by atoms with Gasteiger partial charge in [-0.05, 0) is 30.5 Å². The summed E-state index contributed by atoms with van der Waals surface area (Å²) in [7, 11) is 2.87. The second-order valence-electron chi connectivity index (χ2n) is 3.48. The topological polar surface area (TPSA) is 61.6 Å². The average molecular weight is 224 g/mol. The van der Waals surface area contributed by atoms with Crippen molar-refractivity contribution in [3.8, 4) is 5.75 Å². The number of nitrogens with two attached hydrogens (primary N) is 1. The van der Waals surface area contributed by atoms with Gasteiger partial charge in [0.25, 0.3) is 0 Å². The molecule has 0 spiro atoms. The summed E-state index contributed by atoms with van der Waals surface area (Å²) >= 11 is 0. The van der Waals surface area contributed by atoms with Crippen LogP contribution in [0.25, 0.3) is 0 Å². The van der Waals surface area contributed by atoms with Crippen molar-refractivity contribution >= 4 is 5.97 Å². The molecule has 0 aliphatic rings. The van der Waals surface area contributed by atoms with Crippen LogP contribution in [0.3, 0.4) is 0 Å². The van der Waals surface area contributed by atoms with Gasteiger partial charge in [-0.25, -0.2) is 0 Å². The first-order valence-electron chi connectivity index (χ1n) is 5.61. The molecule has 0 bridgehead atoms. The summed E-state index contributed by atoms with van der Waals surface area (Å²) in [6, 6.07) is 4.78. The van der Waals surface area contributed by atoms with Crippen molar-refractivity contribution in [3.63, 3.8) is 0 Å². The molecule has 1 aromatic rings. The Balaban J connectivity index is 2.82. The molecule has 0 aliphatic heterocycles. The lowest BCUT2D eigenvalue weighted by molar-refractivity contribution is -0.142. The van der Waals surface area contributed by atoms with Crippen LogP contribution in [-0.4, -0.2) is 26.2 Å². The van der Waals surface area contributed by atoms with E-state index in [0.29, 0.717) is 12.2 Å². The summed E-state index contributed by atoms with van der Waals surface area (Å²) in [5, 5.41) is 0. The molecule has 1 rings (SSSR count). The summed E-state index contributed by atoms with van der Waals surface area (Å²) in [4.78, 5) is 11.2. The number of rotatable bonds is 4. The highest BCUT2D eigenvalue weighted by molar-refractivity contribution is 5.75. The van der Waals surface area contributed by atoms with Gasteiger partial charge >= 0.3 is 5.97 Å². The number of carbonyl (C=O) groups excluding carboxylic acids is 1. The fourth-order valence-corrected chi connectivity index (χ4v) is 1.40. The van der Waals surface area contributed by atoms with E-state index in [9.17, 15) is 4.79 Å². The molecule has 0 radical (unpaired) electrons. The van der Waals surface area contributed by atoms with Crippen molar-refractivity contribution in [2.45, 2.75) is 19.4 Å². The molecular formula is C12H17NO3. The van der Waals surface area contributed by atoms with Crippen molar-refractivity contribution in [2.24, 2.45) is 5.73 Å². The lowest BCUT2D eigenvalue weighted by Crippen LogP contribution is -2.33. The maximum absolute atomic E-state index is 11.2. The molecule has 0 fully saturated rings. The summed E-state index contributed by atoms with van der Waals surface area (Å²) in [6.07, 6.45) is 0.390. The number of esters is 1. The van der Waals surface area contributed by atoms with E-state index in [2.05, 4.69) is 4.74 Å². The van der Waals surface area contributed by atoms with Crippen LogP contribution in [0, 0.1) is 6.90 Å². The van der Waals surface area contributed by atoms with Crippen LogP contribution in [0.4, 0.5) is 0 Å². The van der Waals surface area contributed by atoms with E-state index in [1.54, 1.807) is 13.2 Å². The Labute approximate surface area is 96.8 Å². The number of methoxy groups -OCH3 is 2. The zero-order valence-corrected chi connectivity index (χ0v) is 9.53. The quantitative estimate of drug-likeness (QED) is 0.776. The van der Waals surface area contributed by atoms with Crippen molar-refractivity contribution in [1.82, 2.24) is 0 Å². The maximum Gasteiger partial charge on any atom is 0.322 e. The van der Waals surface area contributed by atoms with E-state index in [4.69, 9.17) is 11.8 Å². The third-order valence-electron chi connectivity index (χ3n) is 2.31. The monoisotopic (exact) mass is 224 g/mol. The number of carbonyl (C=O) groups is 1. The lowest BCUT2D eigenvalue weighted by atomic mass is 10.0. The molecule has 4 nitrogen and oxygen atoms in total. The second kappa shape index (κ2) is 5.51. The molecule has 88 valence electrons. The van der Waals surface area contributed by atoms with Gasteiger partial charge in [0.05, 0.1) is 14.2 Å². The number of ether oxygens (including phenoxy) is 2. The molecule has 0 aromatic heterocycles. The fourth-order valence-electron chi connectivity index (χ4n) is 1.40. The van der Waals surface area contributed by atoms with Gasteiger partial charge in [-0.2, -0.15) is 0 Å². The number of benzene rings is 1. The lowest BCUT2D eigenvalue weighted by Gasteiger charge is -2.11. The van der Waals surface area contributed by atoms with Gasteiger partial charge in [0.2, 0.25) is 0 Å². The molecule has 1 atom stereocenters. The SMILES string of the molecule is [2H]Cc1ccc(C[C@H](N)C(=O)OC)cc1OC. The summed E-state index contributed by atoms with van der Waals surface area (Å²) < 4.78 is 17.0. The largest absolute Gasteiger partial charge is 0.496 e. The third kappa shape index (κ3) is 2.97. The molecule has 0 saturated carbocycles. The molecule has 4 heteroatoms. The highest BCUT2D eigenvalue weighted by atomic mass is 16.5. The van der Waals surface area contributed by atoms with Gasteiger partial charge in [-0.3, -0.25) is 4.79 Å². The first kappa shape index (κ1) is 11.0. The van der Waals surface area contributed by atoms with E-state index < -0.39 is 12.0 Å². The van der Waals surface area contributed by atoms with Crippen LogP contribution in [0.1, 0.15) is 12.5 Å². The standard InChI is InChI=1S/C12H17NO3/c1-8-4-5-9(7-11(8)15-2)6-10(13)12(14)16-3/h4-5,7,10H,6,13H2,1-3H3/t10-/m0/s1/i1D. The Bertz CT molecular complexity index is 395. The third-order valence-corrected chi connectivity index (χ3v) is 2.31. The van der Waals surface area contributed by atoms with Gasteiger partial charge in [-0.15, -0.1) is 0 Å². The predicted molar refractivity (Wildman–Crippen MR) is 61.4 cm³/mol. The maximum atomic E-state index is 11.2. The molecule has 16 heavy (non-hydrogen) atoms. The zero-order chi connectivity index (χ0) is 12.8. The molecule has 0 unspecified atom stereocenters. The smallest absolute Gasteiger partial charge is 0.322 e. The van der Waals surface area contributed by atoms with Gasteiger partial charge in [0, 0.05) is 1.37 Å². The van der Waals surface area contributed by atoms with E-state index >= 15 is 0 Å². The van der Waals surface area contributed by atoms with Gasteiger partial charge in [-0.1, -0.05) is 12.1 Å². The second-order valence-corrected chi connectivity index (χ2v) is 3.48. The molecule has 0 amide bonds. The normalized spacial score (nSPS) is 12.8. The predicted octanol–water partition coefficient (Wildman–Crippen LogP) is 1.05. The minimum absolute atomic E-state index is 0.159. The first-order chi connectivity index (χ1) is 8.12. The first-order valence-corrected chi connectivity index (χ1v) is 4.90. The summed E-state index contributed by atoms with van der Waals surface area (Å²) in [5.41, 5.74) is 7.36. The fraction of sp³-hybridized carbons (Fsp3) is 0.417. The van der Waals surface area contributed by atoms with Crippen molar-refractivity contribution in [3.05, 3.63) is 29.3 Å². The summed E-state index contributed by atoms with van der Waals surface area (Å²) in [6.45, 7) is 0.159. The Kier molecular flexibility index (Phi) is 3.77. The molecular weight excluding hydrogens is 206 g/mol. The molecule has 2 N–H and O–H groups in total. The minimum Gasteiger partial charge on any atom is -0.496 e. The van der Waals surface area contributed by atoms with Gasteiger partial charge in [0.1, 0.15) is 11.8 Å². The van der Waals surface area contributed by atoms with Crippen molar-refractivity contribution < 1.29 is 15.6 Å². The van der Waals surface area contributed by atoms with E-state index in [1.807, 2.05) is 12.1 Å². The Morgan fingerprint density at radius 2 is 2.31 bits per heavy atom. The van der Waals surface area contributed by atoms with Gasteiger partial charge in [0.15, 0.2) is 0 Å². The minimum atomic E-state index is -0.674. The Morgan fingerprint density at radius 1 is 1.56 bits per heavy atom. The van der Waals surface area contributed by atoms with Crippen LogP contribution in [-0.2, 0) is 16.0 Å². The highest BCUT2D eigenvalue weighted by Crippen LogP contribution is 2.19. The van der Waals surface area contributed by atoms with Crippen LogP contribution in [0.15, 0.2) is 18.2 Å². The molecule has 0 aliphatic carbocycles. The highest BCUT2D eigenvalue weighted by Gasteiger charge is 2.14. The Morgan fingerprint density at radius 3 is 2.88 bits per heavy atom. The zero-order valence-electron chi connectivity index (χ0n) is 10.5. The Hall–Kier alpha value is -1.55. The van der Waals surface area contributed by atoms with Crippen LogP contribution in [0.5, 0.6) is 5.75 Å². The molecule has 0 saturated heterocycles. The van der Waals surface area contributed by atoms with E-state index in [0.717, 1.165) is 11.1 Å². The molecule has 0 heterocycles. The number of aryl methyl sites for hydroxylation is 1. The van der Waals surface area contributed by atoms with E-state index in [-0.39, 0.29) is 6.90 Å². The van der Waals surface area contributed by atoms with Crippen LogP contribution >= 0.6 is 0 Å². The van der Waals surface area contributed by atoms with Crippen LogP contribution < -0.4 is 10.5 Å². The van der Waals surface area contributed by atoms with Crippen LogP contribution in [0.2, 0.25) is 0 Å².